The first-order valence-corrected chi connectivity index (χ1v) is 2.89. The quantitative estimate of drug-likeness (QED) is 0.486. The van der Waals surface area contributed by atoms with Crippen LogP contribution < -0.4 is 5.73 Å². The molecule has 1 aromatic carbocycles. The van der Waals surface area contributed by atoms with E-state index in [-0.39, 0.29) is 40.8 Å². The number of benzene rings is 1. The third-order valence-electron chi connectivity index (χ3n) is 1.25. The number of anilines is 1. The fraction of sp³-hybridized carbons (Fsp3) is 0. The Morgan fingerprint density at radius 2 is 2.08 bits per heavy atom. The van der Waals surface area contributed by atoms with Gasteiger partial charge in [-0.2, -0.15) is 0 Å². The minimum atomic E-state index is -1.22. The second-order valence-corrected chi connectivity index (χ2v) is 2.04. The van der Waals surface area contributed by atoms with Crippen LogP contribution in [0.1, 0.15) is 10.4 Å². The number of rotatable bonds is 1. The number of carboxylic acids is 1. The van der Waals surface area contributed by atoms with E-state index in [0.717, 1.165) is 12.1 Å². The van der Waals surface area contributed by atoms with Crippen LogP contribution >= 0.6 is 0 Å². The summed E-state index contributed by atoms with van der Waals surface area (Å²) in [5, 5.41) is 8.44. The topological polar surface area (TPSA) is 63.3 Å². The average Bonchev–Trinajstić information content (AvgIpc) is 1.94. The number of nitrogen functional groups attached to an aromatic ring is 1. The van der Waals surface area contributed by atoms with Crippen molar-refractivity contribution in [3.8, 4) is 0 Å². The van der Waals surface area contributed by atoms with Gasteiger partial charge in [0.05, 0.1) is 5.56 Å². The van der Waals surface area contributed by atoms with E-state index >= 15 is 0 Å². The predicted molar refractivity (Wildman–Crippen MR) is 44.9 cm³/mol. The fourth-order valence-corrected chi connectivity index (χ4v) is 0.714. The van der Waals surface area contributed by atoms with E-state index < -0.39 is 11.8 Å². The van der Waals surface area contributed by atoms with Crippen molar-refractivity contribution in [2.24, 2.45) is 0 Å². The van der Waals surface area contributed by atoms with Crippen LogP contribution in [0.5, 0.6) is 0 Å². The maximum absolute atomic E-state index is 12.4. The molecule has 3 N–H and O–H groups in total. The second kappa shape index (κ2) is 4.45. The van der Waals surface area contributed by atoms with Crippen molar-refractivity contribution in [2.75, 3.05) is 5.73 Å². The Morgan fingerprint density at radius 1 is 1.50 bits per heavy atom. The molecule has 0 fully saturated rings. The van der Waals surface area contributed by atoms with Gasteiger partial charge in [0.15, 0.2) is 0 Å². The maximum atomic E-state index is 12.4. The summed E-state index contributed by atoms with van der Waals surface area (Å²) in [7, 11) is 0. The van der Waals surface area contributed by atoms with E-state index in [1.54, 1.807) is 0 Å². The molecule has 0 heterocycles. The summed E-state index contributed by atoms with van der Waals surface area (Å²) < 4.78 is 12.4. The van der Waals surface area contributed by atoms with Gasteiger partial charge in [-0.3, -0.25) is 0 Å². The number of nitrogens with two attached hydrogens (primary N) is 1. The first-order valence-electron chi connectivity index (χ1n) is 2.89. The number of hydrogen-bond donors (Lipinski definition) is 2. The summed E-state index contributed by atoms with van der Waals surface area (Å²) in [6.45, 7) is 0. The minimum absolute atomic E-state index is 0. The number of hydrogen-bond acceptors (Lipinski definition) is 2. The van der Waals surface area contributed by atoms with Crippen molar-refractivity contribution >= 4 is 41.2 Å². The molecule has 5 heteroatoms. The standard InChI is InChI=1S/C7H6FNO2.Na.H/c8-4-1-2-6(9)5(3-4)7(10)11;;/h1-3H,9H2,(H,10,11);;. The molecule has 0 aliphatic heterocycles. The van der Waals surface area contributed by atoms with Gasteiger partial charge in [-0.05, 0) is 18.2 Å². The van der Waals surface area contributed by atoms with Gasteiger partial charge in [0, 0.05) is 5.69 Å². The molecule has 3 nitrogen and oxygen atoms in total. The molecule has 0 atom stereocenters. The molecular formula is C7H7FNNaO2. The Bertz CT molecular complexity index is 303. The van der Waals surface area contributed by atoms with E-state index in [1.807, 2.05) is 0 Å². The van der Waals surface area contributed by atoms with Gasteiger partial charge in [-0.15, -0.1) is 0 Å². The Morgan fingerprint density at radius 3 is 2.50 bits per heavy atom. The Labute approximate surface area is 90.7 Å². The molecule has 0 saturated heterocycles. The van der Waals surface area contributed by atoms with Gasteiger partial charge in [-0.25, -0.2) is 9.18 Å². The Balaban J connectivity index is 0.00000121. The van der Waals surface area contributed by atoms with E-state index in [0.29, 0.717) is 0 Å². The summed E-state index contributed by atoms with van der Waals surface area (Å²) >= 11 is 0. The summed E-state index contributed by atoms with van der Waals surface area (Å²) in [6.07, 6.45) is 0. The molecule has 12 heavy (non-hydrogen) atoms. The monoisotopic (exact) mass is 179 g/mol. The van der Waals surface area contributed by atoms with Crippen molar-refractivity contribution in [3.05, 3.63) is 29.6 Å². The number of carboxylic acid groups (broad SMARTS) is 1. The van der Waals surface area contributed by atoms with Crippen LogP contribution in [-0.4, -0.2) is 40.6 Å². The van der Waals surface area contributed by atoms with Crippen LogP contribution in [0.3, 0.4) is 0 Å². The van der Waals surface area contributed by atoms with Gasteiger partial charge < -0.3 is 10.8 Å². The molecular weight excluding hydrogens is 172 g/mol. The van der Waals surface area contributed by atoms with Crippen LogP contribution in [-0.2, 0) is 0 Å². The number of aromatic carboxylic acids is 1. The van der Waals surface area contributed by atoms with Crippen LogP contribution in [0.25, 0.3) is 0 Å². The summed E-state index contributed by atoms with van der Waals surface area (Å²) in [6, 6.07) is 3.22. The SMILES string of the molecule is Nc1ccc(F)cc1C(=O)O.[NaH]. The fourth-order valence-electron chi connectivity index (χ4n) is 0.714. The molecule has 0 amide bonds. The molecule has 60 valence electrons. The zero-order valence-electron chi connectivity index (χ0n) is 5.54. The van der Waals surface area contributed by atoms with Crippen molar-refractivity contribution in [2.45, 2.75) is 0 Å². The first kappa shape index (κ1) is 11.4. The number of halogens is 1. The van der Waals surface area contributed by atoms with Crippen LogP contribution in [0.2, 0.25) is 0 Å². The summed E-state index contributed by atoms with van der Waals surface area (Å²) in [5.41, 5.74) is 5.11. The predicted octanol–water partition coefficient (Wildman–Crippen LogP) is 0.458. The average molecular weight is 179 g/mol. The third-order valence-corrected chi connectivity index (χ3v) is 1.25. The zero-order chi connectivity index (χ0) is 8.43. The zero-order valence-corrected chi connectivity index (χ0v) is 5.54. The van der Waals surface area contributed by atoms with E-state index in [1.165, 1.54) is 6.07 Å². The first-order chi connectivity index (χ1) is 5.11. The Hall–Kier alpha value is -0.580. The molecule has 0 aliphatic rings. The van der Waals surface area contributed by atoms with Gasteiger partial charge >= 0.3 is 35.5 Å². The molecule has 0 bridgehead atoms. The van der Waals surface area contributed by atoms with Gasteiger partial charge in [0.2, 0.25) is 0 Å². The van der Waals surface area contributed by atoms with Crippen molar-refractivity contribution in [1.82, 2.24) is 0 Å². The molecule has 0 saturated carbocycles. The van der Waals surface area contributed by atoms with Gasteiger partial charge in [-0.1, -0.05) is 0 Å². The van der Waals surface area contributed by atoms with Crippen LogP contribution in [0, 0.1) is 5.82 Å². The third kappa shape index (κ3) is 2.48. The summed E-state index contributed by atoms with van der Waals surface area (Å²) in [4.78, 5) is 10.3. The molecule has 0 unspecified atom stereocenters. The van der Waals surface area contributed by atoms with Crippen molar-refractivity contribution < 1.29 is 14.3 Å². The van der Waals surface area contributed by atoms with Crippen LogP contribution in [0.15, 0.2) is 18.2 Å². The molecule has 0 radical (unpaired) electrons. The second-order valence-electron chi connectivity index (χ2n) is 2.04. The normalized spacial score (nSPS) is 8.75. The molecule has 0 spiro atoms. The van der Waals surface area contributed by atoms with Crippen molar-refractivity contribution in [3.63, 3.8) is 0 Å². The van der Waals surface area contributed by atoms with Crippen molar-refractivity contribution in [1.29, 1.82) is 0 Å². The van der Waals surface area contributed by atoms with E-state index in [9.17, 15) is 9.18 Å². The molecule has 0 aliphatic carbocycles. The van der Waals surface area contributed by atoms with E-state index in [4.69, 9.17) is 10.8 Å². The number of carbonyl (C=O) groups is 1. The van der Waals surface area contributed by atoms with Crippen LogP contribution in [0.4, 0.5) is 10.1 Å². The Kier molecular flexibility index (Phi) is 4.23. The van der Waals surface area contributed by atoms with Gasteiger partial charge in [0.25, 0.3) is 0 Å². The summed E-state index contributed by atoms with van der Waals surface area (Å²) in [5.74, 6) is -1.82. The molecule has 1 aromatic rings. The molecule has 1 rings (SSSR count). The van der Waals surface area contributed by atoms with E-state index in [2.05, 4.69) is 0 Å². The van der Waals surface area contributed by atoms with Gasteiger partial charge in [0.1, 0.15) is 5.82 Å². The molecule has 0 aromatic heterocycles.